The summed E-state index contributed by atoms with van der Waals surface area (Å²) < 4.78 is 10.9. The van der Waals surface area contributed by atoms with Gasteiger partial charge in [-0.3, -0.25) is 9.59 Å². The Kier molecular flexibility index (Phi) is 7.05. The Balaban J connectivity index is 2.04. The first-order valence-electron chi connectivity index (χ1n) is 9.15. The van der Waals surface area contributed by atoms with Crippen LogP contribution in [0.4, 0.5) is 0 Å². The van der Waals surface area contributed by atoms with Crippen molar-refractivity contribution >= 4 is 11.8 Å². The Morgan fingerprint density at radius 3 is 2.33 bits per heavy atom. The second kappa shape index (κ2) is 9.26. The van der Waals surface area contributed by atoms with E-state index >= 15 is 0 Å². The normalized spacial score (nSPS) is 11.9. The van der Waals surface area contributed by atoms with Gasteiger partial charge in [0.05, 0.1) is 13.2 Å². The van der Waals surface area contributed by atoms with Crippen LogP contribution in [0, 0.1) is 12.8 Å². The molecule has 2 rings (SSSR count). The minimum Gasteiger partial charge on any atom is -0.494 e. The van der Waals surface area contributed by atoms with Crippen LogP contribution in [0.25, 0.3) is 0 Å². The van der Waals surface area contributed by atoms with Crippen molar-refractivity contribution in [1.29, 1.82) is 0 Å². The summed E-state index contributed by atoms with van der Waals surface area (Å²) in [5.41, 5.74) is 0.487. The molecule has 6 nitrogen and oxygen atoms in total. The van der Waals surface area contributed by atoms with Crippen molar-refractivity contribution in [2.75, 3.05) is 13.7 Å². The molecule has 0 radical (unpaired) electrons. The summed E-state index contributed by atoms with van der Waals surface area (Å²) >= 11 is 0. The lowest BCUT2D eigenvalue weighted by Crippen LogP contribution is -2.50. The van der Waals surface area contributed by atoms with E-state index in [-0.39, 0.29) is 17.7 Å². The number of nitrogens with zero attached hydrogens (tertiary/aromatic N) is 1. The minimum absolute atomic E-state index is 0.0510. The zero-order valence-electron chi connectivity index (χ0n) is 16.6. The molecular formula is C21H28N2O4. The Morgan fingerprint density at radius 2 is 1.81 bits per heavy atom. The third-order valence-corrected chi connectivity index (χ3v) is 4.21. The van der Waals surface area contributed by atoms with Crippen LogP contribution in [0.3, 0.4) is 0 Å². The molecule has 0 spiro atoms. The third-order valence-electron chi connectivity index (χ3n) is 4.21. The van der Waals surface area contributed by atoms with Gasteiger partial charge in [-0.15, -0.1) is 0 Å². The van der Waals surface area contributed by atoms with Gasteiger partial charge >= 0.3 is 0 Å². The molecule has 0 saturated heterocycles. The molecule has 2 amide bonds. The molecule has 1 aromatic carbocycles. The number of rotatable bonds is 8. The van der Waals surface area contributed by atoms with Gasteiger partial charge in [0.15, 0.2) is 0 Å². The summed E-state index contributed by atoms with van der Waals surface area (Å²) in [4.78, 5) is 27.0. The molecule has 1 heterocycles. The van der Waals surface area contributed by atoms with Gasteiger partial charge in [0.1, 0.15) is 23.3 Å². The van der Waals surface area contributed by atoms with E-state index in [9.17, 15) is 9.59 Å². The van der Waals surface area contributed by atoms with E-state index in [4.69, 9.17) is 9.15 Å². The van der Waals surface area contributed by atoms with Gasteiger partial charge in [0, 0.05) is 12.6 Å². The van der Waals surface area contributed by atoms with Crippen molar-refractivity contribution in [3.8, 4) is 5.75 Å². The third kappa shape index (κ3) is 5.61. The summed E-state index contributed by atoms with van der Waals surface area (Å²) in [6, 6.07) is 9.97. The molecule has 0 saturated carbocycles. The molecule has 27 heavy (non-hydrogen) atoms. The van der Waals surface area contributed by atoms with Crippen LogP contribution in [-0.4, -0.2) is 36.4 Å². The number of aryl methyl sites for hydroxylation is 1. The fourth-order valence-corrected chi connectivity index (χ4v) is 2.73. The highest BCUT2D eigenvalue weighted by Gasteiger charge is 2.27. The maximum Gasteiger partial charge on any atom is 0.251 e. The maximum atomic E-state index is 12.9. The fraction of sp³-hybridized carbons (Fsp3) is 0.429. The van der Waals surface area contributed by atoms with Crippen molar-refractivity contribution in [1.82, 2.24) is 10.2 Å². The molecule has 0 aliphatic rings. The standard InChI is InChI=1S/C21H28N2O4/c1-6-26-17-11-8-16(9-12-17)20(24)22-19(14(2)3)21(25)23(5)13-18-10-7-15(4)27-18/h7-12,14,19H,6,13H2,1-5H3,(H,22,24)/t19-/m0/s1. The van der Waals surface area contributed by atoms with Gasteiger partial charge in [-0.2, -0.15) is 0 Å². The van der Waals surface area contributed by atoms with Gasteiger partial charge in [0.25, 0.3) is 5.91 Å². The van der Waals surface area contributed by atoms with Crippen molar-refractivity contribution in [2.45, 2.75) is 40.3 Å². The number of furan rings is 1. The molecule has 1 aromatic heterocycles. The lowest BCUT2D eigenvalue weighted by Gasteiger charge is -2.26. The van der Waals surface area contributed by atoms with Gasteiger partial charge in [-0.25, -0.2) is 0 Å². The number of nitrogens with one attached hydrogen (secondary N) is 1. The first-order valence-corrected chi connectivity index (χ1v) is 9.15. The first-order chi connectivity index (χ1) is 12.8. The van der Waals surface area contributed by atoms with Crippen LogP contribution in [0.2, 0.25) is 0 Å². The number of likely N-dealkylation sites (N-methyl/N-ethyl adjacent to an activating group) is 1. The van der Waals surface area contributed by atoms with Crippen LogP contribution in [-0.2, 0) is 11.3 Å². The number of carbonyl (C=O) groups is 2. The molecular weight excluding hydrogens is 344 g/mol. The zero-order chi connectivity index (χ0) is 20.0. The van der Waals surface area contributed by atoms with Crippen LogP contribution < -0.4 is 10.1 Å². The largest absolute Gasteiger partial charge is 0.494 e. The number of carbonyl (C=O) groups excluding carboxylic acids is 2. The van der Waals surface area contributed by atoms with Crippen LogP contribution in [0.1, 0.15) is 42.6 Å². The quantitative estimate of drug-likeness (QED) is 0.771. The summed E-state index contributed by atoms with van der Waals surface area (Å²) in [5, 5.41) is 2.85. The van der Waals surface area contributed by atoms with E-state index in [2.05, 4.69) is 5.32 Å². The Labute approximate surface area is 160 Å². The van der Waals surface area contributed by atoms with E-state index in [0.29, 0.717) is 30.2 Å². The molecule has 1 N–H and O–H groups in total. The highest BCUT2D eigenvalue weighted by atomic mass is 16.5. The Morgan fingerprint density at radius 1 is 1.15 bits per heavy atom. The van der Waals surface area contributed by atoms with Crippen LogP contribution >= 0.6 is 0 Å². The number of benzene rings is 1. The highest BCUT2D eigenvalue weighted by Crippen LogP contribution is 2.15. The zero-order valence-corrected chi connectivity index (χ0v) is 16.6. The van der Waals surface area contributed by atoms with Crippen LogP contribution in [0.15, 0.2) is 40.8 Å². The van der Waals surface area contributed by atoms with E-state index in [0.717, 1.165) is 5.76 Å². The predicted molar refractivity (Wildman–Crippen MR) is 104 cm³/mol. The van der Waals surface area contributed by atoms with E-state index in [1.165, 1.54) is 0 Å². The molecule has 2 aromatic rings. The number of amides is 2. The average Bonchev–Trinajstić information content (AvgIpc) is 3.04. The first kappa shape index (κ1) is 20.6. The Bertz CT molecular complexity index is 765. The second-order valence-corrected chi connectivity index (χ2v) is 6.86. The summed E-state index contributed by atoms with van der Waals surface area (Å²) in [6.07, 6.45) is 0. The molecule has 1 atom stereocenters. The minimum atomic E-state index is -0.620. The summed E-state index contributed by atoms with van der Waals surface area (Å²) in [5.74, 6) is 1.73. The lowest BCUT2D eigenvalue weighted by atomic mass is 10.0. The predicted octanol–water partition coefficient (Wildman–Crippen LogP) is 3.40. The van der Waals surface area contributed by atoms with Crippen molar-refractivity contribution in [3.05, 3.63) is 53.5 Å². The number of hydrogen-bond donors (Lipinski definition) is 1. The molecule has 0 unspecified atom stereocenters. The van der Waals surface area contributed by atoms with Crippen molar-refractivity contribution in [2.24, 2.45) is 5.92 Å². The average molecular weight is 372 g/mol. The Hall–Kier alpha value is -2.76. The SMILES string of the molecule is CCOc1ccc(C(=O)N[C@H](C(=O)N(C)Cc2ccc(C)o2)C(C)C)cc1. The maximum absolute atomic E-state index is 12.9. The molecule has 6 heteroatoms. The van der Waals surface area contributed by atoms with E-state index in [1.54, 1.807) is 36.2 Å². The highest BCUT2D eigenvalue weighted by molar-refractivity contribution is 5.97. The van der Waals surface area contributed by atoms with Gasteiger partial charge < -0.3 is 19.4 Å². The molecule has 0 bridgehead atoms. The van der Waals surface area contributed by atoms with Crippen molar-refractivity contribution in [3.63, 3.8) is 0 Å². The summed E-state index contributed by atoms with van der Waals surface area (Å²) in [6.45, 7) is 8.50. The smallest absolute Gasteiger partial charge is 0.251 e. The van der Waals surface area contributed by atoms with Gasteiger partial charge in [0.2, 0.25) is 5.91 Å². The van der Waals surface area contributed by atoms with Crippen molar-refractivity contribution < 1.29 is 18.7 Å². The molecule has 0 aliphatic heterocycles. The summed E-state index contributed by atoms with van der Waals surface area (Å²) in [7, 11) is 1.71. The second-order valence-electron chi connectivity index (χ2n) is 6.86. The molecule has 0 fully saturated rings. The van der Waals surface area contributed by atoms with Gasteiger partial charge in [-0.1, -0.05) is 13.8 Å². The van der Waals surface area contributed by atoms with E-state index < -0.39 is 6.04 Å². The van der Waals surface area contributed by atoms with Gasteiger partial charge in [-0.05, 0) is 56.2 Å². The fourth-order valence-electron chi connectivity index (χ4n) is 2.73. The molecule has 146 valence electrons. The number of ether oxygens (including phenoxy) is 1. The number of hydrogen-bond acceptors (Lipinski definition) is 4. The monoisotopic (exact) mass is 372 g/mol. The molecule has 0 aliphatic carbocycles. The lowest BCUT2D eigenvalue weighted by molar-refractivity contribution is -0.133. The van der Waals surface area contributed by atoms with E-state index in [1.807, 2.05) is 39.8 Å². The topological polar surface area (TPSA) is 71.8 Å². The van der Waals surface area contributed by atoms with Crippen LogP contribution in [0.5, 0.6) is 5.75 Å².